The average Bonchev–Trinajstić information content (AvgIpc) is 3.66. The van der Waals surface area contributed by atoms with Crippen LogP contribution in [0.2, 0.25) is 0 Å². The number of nitrogens with zero attached hydrogens (tertiary/aromatic N) is 3. The molecular weight excluding hydrogens is 505 g/mol. The van der Waals surface area contributed by atoms with Gasteiger partial charge in [0.15, 0.2) is 0 Å². The molecule has 0 N–H and O–H groups in total. The van der Waals surface area contributed by atoms with Gasteiger partial charge in [0.05, 0.1) is 22.2 Å². The van der Waals surface area contributed by atoms with E-state index in [-0.39, 0.29) is 6.85 Å². The highest BCUT2D eigenvalue weighted by Gasteiger charge is 2.42. The van der Waals surface area contributed by atoms with Crippen molar-refractivity contribution in [2.75, 3.05) is 0 Å². The Kier molecular flexibility index (Phi) is 3.34. The minimum atomic E-state index is 0.0687. The molecule has 0 unspecified atom stereocenters. The molecule has 9 aromatic rings. The molecule has 5 aromatic carbocycles. The lowest BCUT2D eigenvalue weighted by Crippen LogP contribution is -2.55. The first-order chi connectivity index (χ1) is 19.9. The molecule has 5 heteroatoms. The zero-order valence-corrected chi connectivity index (χ0v) is 22.0. The molecule has 0 bridgehead atoms. The predicted molar refractivity (Wildman–Crippen MR) is 170 cm³/mol. The van der Waals surface area contributed by atoms with Gasteiger partial charge in [-0.3, -0.25) is 4.98 Å². The summed E-state index contributed by atoms with van der Waals surface area (Å²) in [6.07, 6.45) is 2.01. The minimum absolute atomic E-state index is 0.0687. The first-order valence-corrected chi connectivity index (χ1v) is 14.6. The Bertz CT molecular complexity index is 2620. The molecule has 2 aliphatic rings. The van der Waals surface area contributed by atoms with E-state index in [0.717, 1.165) is 5.69 Å². The maximum Gasteiger partial charge on any atom is 0.333 e. The molecule has 11 rings (SSSR count). The number of para-hydroxylation sites is 3. The van der Waals surface area contributed by atoms with Gasteiger partial charge in [0.25, 0.3) is 0 Å². The van der Waals surface area contributed by atoms with Crippen LogP contribution in [0.4, 0.5) is 0 Å². The van der Waals surface area contributed by atoms with Gasteiger partial charge in [-0.25, -0.2) is 0 Å². The van der Waals surface area contributed by atoms with E-state index in [1.165, 1.54) is 86.0 Å². The smallest absolute Gasteiger partial charge is 0.333 e. The molecule has 4 aromatic heterocycles. The van der Waals surface area contributed by atoms with Gasteiger partial charge >= 0.3 is 6.85 Å². The molecule has 2 aliphatic heterocycles. The van der Waals surface area contributed by atoms with E-state index < -0.39 is 0 Å². The van der Waals surface area contributed by atoms with E-state index in [0.29, 0.717) is 0 Å². The second-order valence-electron chi connectivity index (χ2n) is 11.1. The van der Waals surface area contributed by atoms with Crippen LogP contribution in [0.15, 0.2) is 109 Å². The summed E-state index contributed by atoms with van der Waals surface area (Å²) >= 11 is 1.91. The maximum atomic E-state index is 5.16. The first-order valence-electron chi connectivity index (χ1n) is 13.8. The second-order valence-corrected chi connectivity index (χ2v) is 12.2. The fourth-order valence-electron chi connectivity index (χ4n) is 7.89. The summed E-state index contributed by atoms with van der Waals surface area (Å²) in [6.45, 7) is 0.0687. The Morgan fingerprint density at radius 2 is 1.35 bits per heavy atom. The summed E-state index contributed by atoms with van der Waals surface area (Å²) in [5.74, 6) is 0. The van der Waals surface area contributed by atoms with Gasteiger partial charge < -0.3 is 9.05 Å². The number of aromatic nitrogens is 3. The molecule has 3 nitrogen and oxygen atoms in total. The molecule has 0 aliphatic carbocycles. The van der Waals surface area contributed by atoms with Gasteiger partial charge in [-0.05, 0) is 41.3 Å². The van der Waals surface area contributed by atoms with Crippen LogP contribution < -0.4 is 10.9 Å². The quantitative estimate of drug-likeness (QED) is 0.188. The van der Waals surface area contributed by atoms with Crippen LogP contribution in [0.25, 0.3) is 80.7 Å². The van der Waals surface area contributed by atoms with Crippen molar-refractivity contribution in [1.29, 1.82) is 0 Å². The number of hydrogen-bond donors (Lipinski definition) is 0. The molecule has 0 saturated carbocycles. The number of benzene rings is 5. The van der Waals surface area contributed by atoms with Gasteiger partial charge in [-0.15, -0.1) is 11.3 Å². The van der Waals surface area contributed by atoms with Crippen LogP contribution >= 0.6 is 11.3 Å². The lowest BCUT2D eigenvalue weighted by atomic mass is 9.46. The van der Waals surface area contributed by atoms with E-state index in [1.54, 1.807) is 0 Å². The van der Waals surface area contributed by atoms with Crippen LogP contribution in [0.1, 0.15) is 0 Å². The molecule has 0 spiro atoms. The average molecular weight is 523 g/mol. The summed E-state index contributed by atoms with van der Waals surface area (Å²) in [5, 5.41) is 7.84. The zero-order chi connectivity index (χ0) is 25.7. The van der Waals surface area contributed by atoms with Crippen LogP contribution in [-0.4, -0.2) is 20.9 Å². The molecule has 182 valence electrons. The Hall–Kier alpha value is -4.87. The molecule has 0 radical (unpaired) electrons. The normalized spacial score (nSPS) is 13.4. The van der Waals surface area contributed by atoms with E-state index in [2.05, 4.69) is 112 Å². The van der Waals surface area contributed by atoms with Crippen molar-refractivity contribution in [2.45, 2.75) is 0 Å². The highest BCUT2D eigenvalue weighted by Crippen LogP contribution is 2.47. The highest BCUT2D eigenvalue weighted by molar-refractivity contribution is 7.26. The van der Waals surface area contributed by atoms with Crippen LogP contribution in [-0.2, 0) is 0 Å². The van der Waals surface area contributed by atoms with Crippen molar-refractivity contribution in [1.82, 2.24) is 14.0 Å². The summed E-state index contributed by atoms with van der Waals surface area (Å²) in [4.78, 5) is 5.16. The fourth-order valence-corrected chi connectivity index (χ4v) is 9.14. The number of hydrogen-bond acceptors (Lipinski definition) is 2. The second kappa shape index (κ2) is 6.64. The van der Waals surface area contributed by atoms with Gasteiger partial charge in [0.1, 0.15) is 0 Å². The first kappa shape index (κ1) is 20.1. The van der Waals surface area contributed by atoms with Crippen molar-refractivity contribution in [2.24, 2.45) is 0 Å². The SMILES string of the molecule is c1ccc2c(c1)sc1c3c4c(cc12)-n1c2ccccc2c2cccc(c21)B4n1c2ccccc2c2ccnc-3c21. The molecule has 0 atom stereocenters. The molecule has 0 fully saturated rings. The highest BCUT2D eigenvalue weighted by atomic mass is 32.1. The van der Waals surface area contributed by atoms with E-state index in [9.17, 15) is 0 Å². The van der Waals surface area contributed by atoms with Gasteiger partial charge in [-0.2, -0.15) is 0 Å². The van der Waals surface area contributed by atoms with Crippen molar-refractivity contribution >= 4 is 92.9 Å². The Labute approximate surface area is 232 Å². The van der Waals surface area contributed by atoms with E-state index in [1.807, 2.05) is 17.5 Å². The maximum absolute atomic E-state index is 5.16. The molecular formula is C35H18BN3S. The van der Waals surface area contributed by atoms with Crippen molar-refractivity contribution in [3.63, 3.8) is 0 Å². The third kappa shape index (κ3) is 2.08. The molecule has 0 amide bonds. The monoisotopic (exact) mass is 523 g/mol. The van der Waals surface area contributed by atoms with Gasteiger partial charge in [0.2, 0.25) is 0 Å². The third-order valence-corrected chi connectivity index (χ3v) is 10.5. The standard InChI is InChI=1S/C35H18BN3S/c1-4-13-26-19(8-1)22-11-7-12-25-33(22)38(26)28-18-24-21-10-3-6-15-29(21)40-35(24)30-31(28)36(25)39-27-14-5-2-9-20(27)23-16-17-37-32(30)34(23)39/h1-18H. The summed E-state index contributed by atoms with van der Waals surface area (Å²) in [7, 11) is 0. The number of thiophene rings is 1. The Morgan fingerprint density at radius 3 is 2.25 bits per heavy atom. The topological polar surface area (TPSA) is 22.8 Å². The minimum Gasteiger partial charge on any atom is -0.374 e. The Morgan fingerprint density at radius 1 is 0.625 bits per heavy atom. The summed E-state index contributed by atoms with van der Waals surface area (Å²) < 4.78 is 7.80. The van der Waals surface area contributed by atoms with Crippen LogP contribution in [0, 0.1) is 0 Å². The molecule has 6 heterocycles. The molecule has 0 saturated heterocycles. The third-order valence-electron chi connectivity index (χ3n) is 9.34. The lowest BCUT2D eigenvalue weighted by molar-refractivity contribution is 1.18. The predicted octanol–water partition coefficient (Wildman–Crippen LogP) is 7.60. The largest absolute Gasteiger partial charge is 0.374 e. The van der Waals surface area contributed by atoms with E-state index in [4.69, 9.17) is 4.98 Å². The molecule has 40 heavy (non-hydrogen) atoms. The van der Waals surface area contributed by atoms with Crippen LogP contribution in [0.3, 0.4) is 0 Å². The van der Waals surface area contributed by atoms with Gasteiger partial charge in [-0.1, -0.05) is 72.8 Å². The van der Waals surface area contributed by atoms with Crippen molar-refractivity contribution < 1.29 is 0 Å². The van der Waals surface area contributed by atoms with Crippen molar-refractivity contribution in [3.05, 3.63) is 109 Å². The number of rotatable bonds is 0. The van der Waals surface area contributed by atoms with Crippen LogP contribution in [0.5, 0.6) is 0 Å². The van der Waals surface area contributed by atoms with Crippen molar-refractivity contribution in [3.8, 4) is 16.9 Å². The fraction of sp³-hybridized carbons (Fsp3) is 0. The summed E-state index contributed by atoms with van der Waals surface area (Å²) in [5.41, 5.74) is 11.5. The lowest BCUT2D eigenvalue weighted by Gasteiger charge is -2.33. The Balaban J connectivity index is 1.49. The zero-order valence-electron chi connectivity index (χ0n) is 21.2. The van der Waals surface area contributed by atoms with Gasteiger partial charge in [0, 0.05) is 64.7 Å². The number of pyridine rings is 1. The van der Waals surface area contributed by atoms with E-state index >= 15 is 0 Å². The number of fused-ring (bicyclic) bond motifs is 14. The summed E-state index contributed by atoms with van der Waals surface area (Å²) in [6, 6.07) is 38.2.